The van der Waals surface area contributed by atoms with Gasteiger partial charge in [0.05, 0.1) is 6.04 Å². The standard InChI is InChI=1S/C15H21N3O2/c1-3-17(4-2)15(20)16-12-10-14(19)18(11-12)13-8-6-5-7-9-13/h5-9,12H,3-4,10-11H2,1-2H3,(H,16,20)/t12-/m0/s1. The highest BCUT2D eigenvalue weighted by Gasteiger charge is 2.32. The normalized spacial score (nSPS) is 18.2. The van der Waals surface area contributed by atoms with E-state index in [1.165, 1.54) is 0 Å². The van der Waals surface area contributed by atoms with Crippen LogP contribution in [0.2, 0.25) is 0 Å². The average molecular weight is 275 g/mol. The number of amides is 3. The Balaban J connectivity index is 1.97. The number of nitrogens with one attached hydrogen (secondary N) is 1. The second-order valence-corrected chi connectivity index (χ2v) is 4.86. The smallest absolute Gasteiger partial charge is 0.317 e. The summed E-state index contributed by atoms with van der Waals surface area (Å²) in [6.07, 6.45) is 0.363. The molecule has 0 bridgehead atoms. The van der Waals surface area contributed by atoms with E-state index in [4.69, 9.17) is 0 Å². The number of carbonyl (C=O) groups is 2. The van der Waals surface area contributed by atoms with Crippen LogP contribution in [0.15, 0.2) is 30.3 Å². The number of para-hydroxylation sites is 1. The topological polar surface area (TPSA) is 52.7 Å². The van der Waals surface area contributed by atoms with Crippen molar-refractivity contribution in [3.05, 3.63) is 30.3 Å². The number of hydrogen-bond donors (Lipinski definition) is 1. The quantitative estimate of drug-likeness (QED) is 0.911. The summed E-state index contributed by atoms with van der Waals surface area (Å²) in [5.41, 5.74) is 0.886. The van der Waals surface area contributed by atoms with Gasteiger partial charge in [-0.15, -0.1) is 0 Å². The molecule has 1 aromatic carbocycles. The highest BCUT2D eigenvalue weighted by molar-refractivity contribution is 5.96. The Morgan fingerprint density at radius 1 is 1.30 bits per heavy atom. The molecule has 108 valence electrons. The molecule has 1 saturated heterocycles. The van der Waals surface area contributed by atoms with E-state index in [9.17, 15) is 9.59 Å². The van der Waals surface area contributed by atoms with Gasteiger partial charge in [0.25, 0.3) is 0 Å². The Morgan fingerprint density at radius 2 is 1.95 bits per heavy atom. The molecule has 5 nitrogen and oxygen atoms in total. The summed E-state index contributed by atoms with van der Waals surface area (Å²) in [6, 6.07) is 9.34. The van der Waals surface area contributed by atoms with Crippen molar-refractivity contribution < 1.29 is 9.59 Å². The van der Waals surface area contributed by atoms with Crippen molar-refractivity contribution in [2.24, 2.45) is 0 Å². The fraction of sp³-hybridized carbons (Fsp3) is 0.467. The van der Waals surface area contributed by atoms with Crippen LogP contribution in [0.5, 0.6) is 0 Å². The number of rotatable bonds is 4. The third kappa shape index (κ3) is 3.10. The van der Waals surface area contributed by atoms with E-state index in [0.717, 1.165) is 5.69 Å². The zero-order valence-electron chi connectivity index (χ0n) is 12.0. The van der Waals surface area contributed by atoms with Gasteiger partial charge >= 0.3 is 6.03 Å². The molecule has 1 aliphatic rings. The first kappa shape index (κ1) is 14.4. The maximum atomic E-state index is 12.0. The lowest BCUT2D eigenvalue weighted by Crippen LogP contribution is -2.45. The summed E-state index contributed by atoms with van der Waals surface area (Å²) in [7, 11) is 0. The van der Waals surface area contributed by atoms with Gasteiger partial charge in [0.2, 0.25) is 5.91 Å². The first-order chi connectivity index (χ1) is 9.65. The van der Waals surface area contributed by atoms with Gasteiger partial charge in [0, 0.05) is 31.7 Å². The largest absolute Gasteiger partial charge is 0.333 e. The molecule has 20 heavy (non-hydrogen) atoms. The molecule has 1 aliphatic heterocycles. The van der Waals surface area contributed by atoms with Gasteiger partial charge in [-0.05, 0) is 26.0 Å². The van der Waals surface area contributed by atoms with Gasteiger partial charge in [-0.1, -0.05) is 18.2 Å². The second-order valence-electron chi connectivity index (χ2n) is 4.86. The van der Waals surface area contributed by atoms with Crippen molar-refractivity contribution in [3.8, 4) is 0 Å². The molecule has 0 aliphatic carbocycles. The predicted molar refractivity (Wildman–Crippen MR) is 78.7 cm³/mol. The molecule has 1 aromatic rings. The zero-order chi connectivity index (χ0) is 14.5. The molecule has 1 heterocycles. The number of anilines is 1. The first-order valence-corrected chi connectivity index (χ1v) is 7.06. The average Bonchev–Trinajstić information content (AvgIpc) is 2.82. The molecule has 3 amide bonds. The van der Waals surface area contributed by atoms with Crippen LogP contribution in [0.3, 0.4) is 0 Å². The molecule has 5 heteroatoms. The lowest BCUT2D eigenvalue weighted by atomic mass is 10.2. The molecule has 0 spiro atoms. The summed E-state index contributed by atoms with van der Waals surface area (Å²) in [5, 5.41) is 2.94. The predicted octanol–water partition coefficient (Wildman–Crippen LogP) is 1.84. The van der Waals surface area contributed by atoms with E-state index >= 15 is 0 Å². The van der Waals surface area contributed by atoms with Crippen LogP contribution in [0.25, 0.3) is 0 Å². The summed E-state index contributed by atoms with van der Waals surface area (Å²) >= 11 is 0. The molecule has 0 aromatic heterocycles. The first-order valence-electron chi connectivity index (χ1n) is 7.06. The Hall–Kier alpha value is -2.04. The van der Waals surface area contributed by atoms with Crippen LogP contribution < -0.4 is 10.2 Å². The number of nitrogens with zero attached hydrogens (tertiary/aromatic N) is 2. The molecule has 1 N–H and O–H groups in total. The van der Waals surface area contributed by atoms with Gasteiger partial charge in [0.1, 0.15) is 0 Å². The minimum atomic E-state index is -0.115. The molecule has 1 atom stereocenters. The maximum absolute atomic E-state index is 12.0. The fourth-order valence-corrected chi connectivity index (χ4v) is 2.44. The van der Waals surface area contributed by atoms with Crippen molar-refractivity contribution >= 4 is 17.6 Å². The molecule has 0 unspecified atom stereocenters. The van der Waals surface area contributed by atoms with Crippen LogP contribution in [0, 0.1) is 0 Å². The van der Waals surface area contributed by atoms with Gasteiger partial charge < -0.3 is 15.1 Å². The number of hydrogen-bond acceptors (Lipinski definition) is 2. The van der Waals surface area contributed by atoms with Crippen LogP contribution in [0.1, 0.15) is 20.3 Å². The highest BCUT2D eigenvalue weighted by atomic mass is 16.2. The minimum Gasteiger partial charge on any atom is -0.333 e. The summed E-state index contributed by atoms with van der Waals surface area (Å²) in [6.45, 7) is 5.77. The van der Waals surface area contributed by atoms with Crippen molar-refractivity contribution in [2.45, 2.75) is 26.3 Å². The minimum absolute atomic E-state index is 0.0565. The van der Waals surface area contributed by atoms with Gasteiger partial charge in [-0.3, -0.25) is 4.79 Å². The number of urea groups is 1. The van der Waals surface area contributed by atoms with Crippen LogP contribution in [0.4, 0.5) is 10.5 Å². The molecule has 2 rings (SSSR count). The number of benzene rings is 1. The Labute approximate surface area is 119 Å². The van der Waals surface area contributed by atoms with E-state index in [1.807, 2.05) is 44.2 Å². The van der Waals surface area contributed by atoms with Crippen molar-refractivity contribution in [3.63, 3.8) is 0 Å². The molecule has 0 radical (unpaired) electrons. The Kier molecular flexibility index (Phi) is 4.61. The van der Waals surface area contributed by atoms with Gasteiger partial charge in [-0.2, -0.15) is 0 Å². The summed E-state index contributed by atoms with van der Waals surface area (Å²) in [4.78, 5) is 27.5. The van der Waals surface area contributed by atoms with Crippen LogP contribution >= 0.6 is 0 Å². The lowest BCUT2D eigenvalue weighted by Gasteiger charge is -2.22. The SMILES string of the molecule is CCN(CC)C(=O)N[C@H]1CC(=O)N(c2ccccc2)C1. The molecule has 1 fully saturated rings. The Bertz CT molecular complexity index is 471. The zero-order valence-corrected chi connectivity index (χ0v) is 12.0. The van der Waals surface area contributed by atoms with E-state index in [-0.39, 0.29) is 18.0 Å². The van der Waals surface area contributed by atoms with E-state index in [0.29, 0.717) is 26.1 Å². The van der Waals surface area contributed by atoms with Crippen molar-refractivity contribution in [1.82, 2.24) is 10.2 Å². The molecular formula is C15H21N3O2. The second kappa shape index (κ2) is 6.41. The number of carbonyl (C=O) groups excluding carboxylic acids is 2. The maximum Gasteiger partial charge on any atom is 0.317 e. The lowest BCUT2D eigenvalue weighted by molar-refractivity contribution is -0.117. The Morgan fingerprint density at radius 3 is 2.55 bits per heavy atom. The van der Waals surface area contributed by atoms with E-state index in [2.05, 4.69) is 5.32 Å². The monoisotopic (exact) mass is 275 g/mol. The van der Waals surface area contributed by atoms with Crippen molar-refractivity contribution in [1.29, 1.82) is 0 Å². The van der Waals surface area contributed by atoms with Crippen molar-refractivity contribution in [2.75, 3.05) is 24.5 Å². The van der Waals surface area contributed by atoms with E-state index < -0.39 is 0 Å². The molecular weight excluding hydrogens is 254 g/mol. The van der Waals surface area contributed by atoms with Gasteiger partial charge in [0.15, 0.2) is 0 Å². The summed E-state index contributed by atoms with van der Waals surface area (Å²) < 4.78 is 0. The van der Waals surface area contributed by atoms with Crippen LogP contribution in [-0.4, -0.2) is 42.5 Å². The fourth-order valence-electron chi connectivity index (χ4n) is 2.44. The van der Waals surface area contributed by atoms with Gasteiger partial charge in [-0.25, -0.2) is 4.79 Å². The third-order valence-electron chi connectivity index (χ3n) is 3.57. The highest BCUT2D eigenvalue weighted by Crippen LogP contribution is 2.21. The third-order valence-corrected chi connectivity index (χ3v) is 3.57. The summed E-state index contributed by atoms with van der Waals surface area (Å²) in [5.74, 6) is 0.0565. The van der Waals surface area contributed by atoms with E-state index in [1.54, 1.807) is 9.80 Å². The van der Waals surface area contributed by atoms with Crippen LogP contribution in [-0.2, 0) is 4.79 Å². The molecule has 0 saturated carbocycles.